The normalized spacial score (nSPS) is 23.8. The fraction of sp³-hybridized carbons (Fsp3) is 0.600. The Kier molecular flexibility index (Phi) is 5.49. The lowest BCUT2D eigenvalue weighted by Gasteiger charge is -2.28. The summed E-state index contributed by atoms with van der Waals surface area (Å²) < 4.78 is 5.62. The van der Waals surface area contributed by atoms with Crippen LogP contribution in [0.2, 0.25) is 0 Å². The number of aliphatic hydroxyl groups is 1. The Balaban J connectivity index is 1.56. The second kappa shape index (κ2) is 7.39. The standard InChI is InChI=1S/C15H23NO2/c17-15-10-5-4-9-14(15)16-11-6-12-18-13-7-2-1-3-8-13/h1-3,7-8,14-17H,4-6,9-12H2/t14-,15-/m1/s1. The monoisotopic (exact) mass is 249 g/mol. The average molecular weight is 249 g/mol. The number of ether oxygens (including phenoxy) is 1. The maximum atomic E-state index is 9.81. The Labute approximate surface area is 109 Å². The van der Waals surface area contributed by atoms with Crippen molar-refractivity contribution in [3.05, 3.63) is 30.3 Å². The Hall–Kier alpha value is -1.06. The molecular weight excluding hydrogens is 226 g/mol. The summed E-state index contributed by atoms with van der Waals surface area (Å²) >= 11 is 0. The predicted octanol–water partition coefficient (Wildman–Crippen LogP) is 2.35. The van der Waals surface area contributed by atoms with Crippen molar-refractivity contribution >= 4 is 0 Å². The quantitative estimate of drug-likeness (QED) is 0.760. The molecule has 1 saturated carbocycles. The summed E-state index contributed by atoms with van der Waals surface area (Å²) in [5.41, 5.74) is 0. The molecule has 1 aliphatic carbocycles. The first-order valence-corrected chi connectivity index (χ1v) is 6.95. The molecule has 0 saturated heterocycles. The van der Waals surface area contributed by atoms with Crippen molar-refractivity contribution in [1.82, 2.24) is 5.32 Å². The van der Waals surface area contributed by atoms with Gasteiger partial charge in [0, 0.05) is 6.04 Å². The van der Waals surface area contributed by atoms with Crippen molar-refractivity contribution in [3.8, 4) is 5.75 Å². The molecule has 0 unspecified atom stereocenters. The van der Waals surface area contributed by atoms with Crippen LogP contribution in [0.5, 0.6) is 5.75 Å². The van der Waals surface area contributed by atoms with Crippen LogP contribution in [0.25, 0.3) is 0 Å². The van der Waals surface area contributed by atoms with Crippen LogP contribution in [0, 0.1) is 0 Å². The molecule has 1 aromatic carbocycles. The second-order valence-electron chi connectivity index (χ2n) is 4.93. The maximum absolute atomic E-state index is 9.81. The Morgan fingerprint density at radius 1 is 1.17 bits per heavy atom. The molecule has 18 heavy (non-hydrogen) atoms. The van der Waals surface area contributed by atoms with Crippen LogP contribution in [0.4, 0.5) is 0 Å². The smallest absolute Gasteiger partial charge is 0.119 e. The molecule has 0 aliphatic heterocycles. The highest BCUT2D eigenvalue weighted by Crippen LogP contribution is 2.18. The molecule has 3 heteroatoms. The molecule has 0 spiro atoms. The van der Waals surface area contributed by atoms with Crippen molar-refractivity contribution < 1.29 is 9.84 Å². The van der Waals surface area contributed by atoms with Crippen LogP contribution in [-0.2, 0) is 0 Å². The first-order chi connectivity index (χ1) is 8.86. The van der Waals surface area contributed by atoms with E-state index in [1.807, 2.05) is 30.3 Å². The lowest BCUT2D eigenvalue weighted by atomic mass is 9.92. The number of para-hydroxylation sites is 1. The number of rotatable bonds is 6. The van der Waals surface area contributed by atoms with Crippen LogP contribution in [-0.4, -0.2) is 30.4 Å². The molecule has 0 radical (unpaired) electrons. The molecule has 1 fully saturated rings. The third-order valence-electron chi connectivity index (χ3n) is 3.47. The summed E-state index contributed by atoms with van der Waals surface area (Å²) in [6.07, 6.45) is 5.25. The molecular formula is C15H23NO2. The number of hydrogen-bond acceptors (Lipinski definition) is 3. The van der Waals surface area contributed by atoms with Gasteiger partial charge in [-0.2, -0.15) is 0 Å². The summed E-state index contributed by atoms with van der Waals surface area (Å²) in [4.78, 5) is 0. The van der Waals surface area contributed by atoms with Crippen LogP contribution in [0.3, 0.4) is 0 Å². The molecule has 2 atom stereocenters. The van der Waals surface area contributed by atoms with Crippen molar-refractivity contribution in [2.45, 2.75) is 44.2 Å². The Morgan fingerprint density at radius 2 is 1.94 bits per heavy atom. The molecule has 100 valence electrons. The summed E-state index contributed by atoms with van der Waals surface area (Å²) in [7, 11) is 0. The minimum absolute atomic E-state index is 0.159. The molecule has 0 aromatic heterocycles. The van der Waals surface area contributed by atoms with Gasteiger partial charge in [-0.25, -0.2) is 0 Å². The van der Waals surface area contributed by atoms with Crippen molar-refractivity contribution in [2.75, 3.05) is 13.2 Å². The number of aliphatic hydroxyl groups excluding tert-OH is 1. The maximum Gasteiger partial charge on any atom is 0.119 e. The van der Waals surface area contributed by atoms with E-state index >= 15 is 0 Å². The van der Waals surface area contributed by atoms with Gasteiger partial charge in [-0.3, -0.25) is 0 Å². The first kappa shape index (κ1) is 13.4. The van der Waals surface area contributed by atoms with Crippen LogP contribution >= 0.6 is 0 Å². The lowest BCUT2D eigenvalue weighted by molar-refractivity contribution is 0.0903. The van der Waals surface area contributed by atoms with Gasteiger partial charge in [-0.05, 0) is 37.9 Å². The number of nitrogens with one attached hydrogen (secondary N) is 1. The van der Waals surface area contributed by atoms with E-state index in [-0.39, 0.29) is 12.1 Å². The third kappa shape index (κ3) is 4.31. The van der Waals surface area contributed by atoms with Crippen LogP contribution in [0.15, 0.2) is 30.3 Å². The SMILES string of the molecule is O[C@@H]1CCCC[C@H]1NCCCOc1ccccc1. The highest BCUT2D eigenvalue weighted by atomic mass is 16.5. The molecule has 3 nitrogen and oxygen atoms in total. The van der Waals surface area contributed by atoms with E-state index < -0.39 is 0 Å². The van der Waals surface area contributed by atoms with E-state index in [0.29, 0.717) is 0 Å². The van der Waals surface area contributed by atoms with Crippen LogP contribution in [0.1, 0.15) is 32.1 Å². The topological polar surface area (TPSA) is 41.5 Å². The fourth-order valence-electron chi connectivity index (χ4n) is 2.42. The zero-order valence-corrected chi connectivity index (χ0v) is 10.8. The highest BCUT2D eigenvalue weighted by Gasteiger charge is 2.21. The van der Waals surface area contributed by atoms with Gasteiger partial charge in [-0.1, -0.05) is 31.0 Å². The van der Waals surface area contributed by atoms with Gasteiger partial charge in [0.15, 0.2) is 0 Å². The summed E-state index contributed by atoms with van der Waals surface area (Å²) in [5.74, 6) is 0.926. The Morgan fingerprint density at radius 3 is 2.72 bits per heavy atom. The van der Waals surface area contributed by atoms with Crippen molar-refractivity contribution in [3.63, 3.8) is 0 Å². The minimum Gasteiger partial charge on any atom is -0.494 e. The summed E-state index contributed by atoms with van der Waals surface area (Å²) in [5, 5.41) is 13.2. The largest absolute Gasteiger partial charge is 0.494 e. The molecule has 1 aliphatic rings. The molecule has 0 amide bonds. The van der Waals surface area contributed by atoms with E-state index in [9.17, 15) is 5.11 Å². The minimum atomic E-state index is -0.159. The molecule has 0 heterocycles. The number of hydrogen-bond donors (Lipinski definition) is 2. The van der Waals surface area contributed by atoms with Gasteiger partial charge in [0.2, 0.25) is 0 Å². The summed E-state index contributed by atoms with van der Waals surface area (Å²) in [6, 6.07) is 10.2. The Bertz CT molecular complexity index is 329. The average Bonchev–Trinajstić information content (AvgIpc) is 2.42. The van der Waals surface area contributed by atoms with Gasteiger partial charge in [-0.15, -0.1) is 0 Å². The third-order valence-corrected chi connectivity index (χ3v) is 3.47. The molecule has 1 aromatic rings. The van der Waals surface area contributed by atoms with Gasteiger partial charge in [0.05, 0.1) is 12.7 Å². The first-order valence-electron chi connectivity index (χ1n) is 6.95. The zero-order valence-electron chi connectivity index (χ0n) is 10.8. The summed E-state index contributed by atoms with van der Waals surface area (Å²) in [6.45, 7) is 1.63. The number of benzene rings is 1. The van der Waals surface area contributed by atoms with Crippen molar-refractivity contribution in [2.24, 2.45) is 0 Å². The van der Waals surface area contributed by atoms with Gasteiger partial charge in [0.1, 0.15) is 5.75 Å². The highest BCUT2D eigenvalue weighted by molar-refractivity contribution is 5.20. The van der Waals surface area contributed by atoms with Gasteiger partial charge >= 0.3 is 0 Å². The van der Waals surface area contributed by atoms with E-state index in [1.54, 1.807) is 0 Å². The molecule has 2 rings (SSSR count). The van der Waals surface area contributed by atoms with E-state index in [4.69, 9.17) is 4.74 Å². The lowest BCUT2D eigenvalue weighted by Crippen LogP contribution is -2.42. The second-order valence-corrected chi connectivity index (χ2v) is 4.93. The van der Waals surface area contributed by atoms with Gasteiger partial charge in [0.25, 0.3) is 0 Å². The van der Waals surface area contributed by atoms with E-state index in [0.717, 1.165) is 44.6 Å². The van der Waals surface area contributed by atoms with Crippen LogP contribution < -0.4 is 10.1 Å². The molecule has 2 N–H and O–H groups in total. The fourth-order valence-corrected chi connectivity index (χ4v) is 2.42. The molecule has 0 bridgehead atoms. The van der Waals surface area contributed by atoms with E-state index in [2.05, 4.69) is 5.32 Å². The predicted molar refractivity (Wildman–Crippen MR) is 72.8 cm³/mol. The van der Waals surface area contributed by atoms with Gasteiger partial charge < -0.3 is 15.2 Å². The van der Waals surface area contributed by atoms with E-state index in [1.165, 1.54) is 6.42 Å². The zero-order chi connectivity index (χ0) is 12.6. The van der Waals surface area contributed by atoms with Crippen molar-refractivity contribution in [1.29, 1.82) is 0 Å².